The number of Topliss-reactive ketones (excluding diaryl/α,β-unsaturated/α-hetero) is 1. The molecule has 0 aromatic heterocycles. The Morgan fingerprint density at radius 2 is 1.58 bits per heavy atom. The van der Waals surface area contributed by atoms with Gasteiger partial charge in [-0.1, -0.05) is 18.2 Å². The smallest absolute Gasteiger partial charge is 0.410 e. The molecule has 0 spiro atoms. The standard InChI is InChI=1S/C19H18FNO3/c20-16-8-6-14(7-9-16)18(22)15-10-12-21(13-11-15)19(23)24-17-4-2-1-3-5-17/h1-9,15H,10-13H2. The molecule has 1 aliphatic heterocycles. The van der Waals surface area contributed by atoms with Gasteiger partial charge in [0.1, 0.15) is 11.6 Å². The van der Waals surface area contributed by atoms with E-state index < -0.39 is 6.09 Å². The molecule has 2 aromatic carbocycles. The predicted molar refractivity (Wildman–Crippen MR) is 87.5 cm³/mol. The van der Waals surface area contributed by atoms with Crippen molar-refractivity contribution in [3.05, 3.63) is 66.0 Å². The monoisotopic (exact) mass is 327 g/mol. The van der Waals surface area contributed by atoms with Crippen LogP contribution in [0.25, 0.3) is 0 Å². The molecule has 24 heavy (non-hydrogen) atoms. The second-order valence-corrected chi connectivity index (χ2v) is 5.81. The summed E-state index contributed by atoms with van der Waals surface area (Å²) in [6.45, 7) is 0.951. The van der Waals surface area contributed by atoms with E-state index in [9.17, 15) is 14.0 Å². The van der Waals surface area contributed by atoms with Gasteiger partial charge >= 0.3 is 6.09 Å². The quantitative estimate of drug-likeness (QED) is 0.803. The van der Waals surface area contributed by atoms with Gasteiger partial charge in [0.15, 0.2) is 5.78 Å². The molecule has 5 heteroatoms. The maximum Gasteiger partial charge on any atom is 0.415 e. The van der Waals surface area contributed by atoms with Gasteiger partial charge in [-0.25, -0.2) is 9.18 Å². The number of likely N-dealkylation sites (tertiary alicyclic amines) is 1. The van der Waals surface area contributed by atoms with Crippen LogP contribution in [-0.2, 0) is 0 Å². The highest BCUT2D eigenvalue weighted by Gasteiger charge is 2.28. The van der Waals surface area contributed by atoms with Crippen LogP contribution in [-0.4, -0.2) is 29.9 Å². The Balaban J connectivity index is 1.54. The van der Waals surface area contributed by atoms with Gasteiger partial charge in [0.2, 0.25) is 0 Å². The fraction of sp³-hybridized carbons (Fsp3) is 0.263. The third-order valence-corrected chi connectivity index (χ3v) is 4.20. The molecule has 4 nitrogen and oxygen atoms in total. The van der Waals surface area contributed by atoms with Crippen molar-refractivity contribution in [3.63, 3.8) is 0 Å². The SMILES string of the molecule is O=C(c1ccc(F)cc1)C1CCN(C(=O)Oc2ccccc2)CC1. The molecule has 1 heterocycles. The zero-order valence-corrected chi connectivity index (χ0v) is 13.2. The molecule has 0 N–H and O–H groups in total. The molecule has 3 rings (SSSR count). The number of piperidine rings is 1. The van der Waals surface area contributed by atoms with Gasteiger partial charge in [0, 0.05) is 24.6 Å². The lowest BCUT2D eigenvalue weighted by atomic mass is 9.89. The lowest BCUT2D eigenvalue weighted by Gasteiger charge is -2.30. The van der Waals surface area contributed by atoms with Gasteiger partial charge in [0.05, 0.1) is 0 Å². The molecule has 0 radical (unpaired) electrons. The summed E-state index contributed by atoms with van der Waals surface area (Å²) in [5, 5.41) is 0. The summed E-state index contributed by atoms with van der Waals surface area (Å²) in [5.41, 5.74) is 0.515. The summed E-state index contributed by atoms with van der Waals surface area (Å²) < 4.78 is 18.2. The van der Waals surface area contributed by atoms with E-state index >= 15 is 0 Å². The second kappa shape index (κ2) is 7.25. The maximum atomic E-state index is 12.9. The Morgan fingerprint density at radius 3 is 2.21 bits per heavy atom. The van der Waals surface area contributed by atoms with Gasteiger partial charge < -0.3 is 9.64 Å². The zero-order valence-electron chi connectivity index (χ0n) is 13.2. The number of halogens is 1. The van der Waals surface area contributed by atoms with E-state index in [-0.39, 0.29) is 17.5 Å². The summed E-state index contributed by atoms with van der Waals surface area (Å²) in [6.07, 6.45) is 0.772. The lowest BCUT2D eigenvalue weighted by Crippen LogP contribution is -2.41. The van der Waals surface area contributed by atoms with Crippen LogP contribution < -0.4 is 4.74 Å². The van der Waals surface area contributed by atoms with Gasteiger partial charge in [-0.3, -0.25) is 4.79 Å². The van der Waals surface area contributed by atoms with E-state index in [1.807, 2.05) is 6.07 Å². The molecule has 2 aromatic rings. The van der Waals surface area contributed by atoms with Crippen LogP contribution in [0.5, 0.6) is 5.75 Å². The number of para-hydroxylation sites is 1. The third-order valence-electron chi connectivity index (χ3n) is 4.20. The highest BCUT2D eigenvalue weighted by Crippen LogP contribution is 2.23. The maximum absolute atomic E-state index is 12.9. The van der Waals surface area contributed by atoms with Crippen molar-refractivity contribution in [2.24, 2.45) is 5.92 Å². The molecule has 1 saturated heterocycles. The Labute approximate surface area is 139 Å². The summed E-state index contributed by atoms with van der Waals surface area (Å²) in [7, 11) is 0. The van der Waals surface area contributed by atoms with E-state index in [0.29, 0.717) is 37.2 Å². The van der Waals surface area contributed by atoms with E-state index in [4.69, 9.17) is 4.74 Å². The first-order chi connectivity index (χ1) is 11.6. The normalized spacial score (nSPS) is 15.1. The van der Waals surface area contributed by atoms with Crippen molar-refractivity contribution in [1.29, 1.82) is 0 Å². The van der Waals surface area contributed by atoms with Crippen LogP contribution in [0, 0.1) is 11.7 Å². The molecule has 0 saturated carbocycles. The molecule has 1 amide bonds. The number of nitrogens with zero attached hydrogens (tertiary/aromatic N) is 1. The number of rotatable bonds is 3. The molecule has 1 fully saturated rings. The number of hydrogen-bond acceptors (Lipinski definition) is 3. The van der Waals surface area contributed by atoms with Crippen molar-refractivity contribution < 1.29 is 18.7 Å². The predicted octanol–water partition coefficient (Wildman–Crippen LogP) is 3.92. The average molecular weight is 327 g/mol. The Kier molecular flexibility index (Phi) is 4.89. The van der Waals surface area contributed by atoms with Crippen molar-refractivity contribution in [2.75, 3.05) is 13.1 Å². The lowest BCUT2D eigenvalue weighted by molar-refractivity contribution is 0.0829. The molecule has 0 atom stereocenters. The van der Waals surface area contributed by atoms with Gasteiger partial charge in [0.25, 0.3) is 0 Å². The first kappa shape index (κ1) is 16.2. The molecule has 0 bridgehead atoms. The molecule has 0 aliphatic carbocycles. The first-order valence-electron chi connectivity index (χ1n) is 7.95. The van der Waals surface area contributed by atoms with E-state index in [1.165, 1.54) is 24.3 Å². The van der Waals surface area contributed by atoms with Gasteiger partial charge in [-0.15, -0.1) is 0 Å². The number of carbonyl (C=O) groups excluding carboxylic acids is 2. The fourth-order valence-corrected chi connectivity index (χ4v) is 2.83. The summed E-state index contributed by atoms with van der Waals surface area (Å²) in [5.74, 6) is 0.0133. The van der Waals surface area contributed by atoms with Crippen molar-refractivity contribution in [2.45, 2.75) is 12.8 Å². The summed E-state index contributed by atoms with van der Waals surface area (Å²) in [4.78, 5) is 26.2. The van der Waals surface area contributed by atoms with Crippen LogP contribution in [0.4, 0.5) is 9.18 Å². The fourth-order valence-electron chi connectivity index (χ4n) is 2.83. The second-order valence-electron chi connectivity index (χ2n) is 5.81. The number of carbonyl (C=O) groups is 2. The highest BCUT2D eigenvalue weighted by molar-refractivity contribution is 5.97. The van der Waals surface area contributed by atoms with E-state index in [1.54, 1.807) is 29.2 Å². The van der Waals surface area contributed by atoms with Crippen molar-refractivity contribution >= 4 is 11.9 Å². The molecular weight excluding hydrogens is 309 g/mol. The molecule has 124 valence electrons. The van der Waals surface area contributed by atoms with Crippen molar-refractivity contribution in [3.8, 4) is 5.75 Å². The van der Waals surface area contributed by atoms with Crippen LogP contribution in [0.2, 0.25) is 0 Å². The van der Waals surface area contributed by atoms with Gasteiger partial charge in [-0.05, 0) is 49.2 Å². The minimum atomic E-state index is -0.395. The highest BCUT2D eigenvalue weighted by atomic mass is 19.1. The summed E-state index contributed by atoms with van der Waals surface area (Å²) in [6, 6.07) is 14.5. The number of amides is 1. The number of ketones is 1. The molecule has 0 unspecified atom stereocenters. The van der Waals surface area contributed by atoms with Gasteiger partial charge in [-0.2, -0.15) is 0 Å². The largest absolute Gasteiger partial charge is 0.415 e. The van der Waals surface area contributed by atoms with E-state index in [0.717, 1.165) is 0 Å². The average Bonchev–Trinajstić information content (AvgIpc) is 2.63. The minimum Gasteiger partial charge on any atom is -0.410 e. The third kappa shape index (κ3) is 3.79. The Morgan fingerprint density at radius 1 is 0.958 bits per heavy atom. The summed E-state index contributed by atoms with van der Waals surface area (Å²) >= 11 is 0. The number of benzene rings is 2. The van der Waals surface area contributed by atoms with Crippen LogP contribution in [0.3, 0.4) is 0 Å². The van der Waals surface area contributed by atoms with E-state index in [2.05, 4.69) is 0 Å². The van der Waals surface area contributed by atoms with Crippen molar-refractivity contribution in [1.82, 2.24) is 4.90 Å². The van der Waals surface area contributed by atoms with Crippen LogP contribution in [0.1, 0.15) is 23.2 Å². The Bertz CT molecular complexity index is 707. The van der Waals surface area contributed by atoms with Crippen LogP contribution in [0.15, 0.2) is 54.6 Å². The zero-order chi connectivity index (χ0) is 16.9. The number of ether oxygens (including phenoxy) is 1. The number of hydrogen-bond donors (Lipinski definition) is 0. The topological polar surface area (TPSA) is 46.6 Å². The molecular formula is C19H18FNO3. The first-order valence-corrected chi connectivity index (χ1v) is 7.95. The van der Waals surface area contributed by atoms with Crippen LogP contribution >= 0.6 is 0 Å². The molecule has 1 aliphatic rings. The minimum absolute atomic E-state index is 0.00563. The Hall–Kier alpha value is -2.69.